The Morgan fingerprint density at radius 1 is 1.31 bits per heavy atom. The zero-order valence-electron chi connectivity index (χ0n) is 7.30. The molecule has 0 saturated carbocycles. The normalized spacial score (nSPS) is 34.5. The van der Waals surface area contributed by atoms with E-state index in [2.05, 4.69) is 33.3 Å². The van der Waals surface area contributed by atoms with Crippen molar-refractivity contribution in [3.8, 4) is 0 Å². The molecule has 3 heteroatoms. The van der Waals surface area contributed by atoms with Gasteiger partial charge in [-0.05, 0) is 12.5 Å². The Bertz CT molecular complexity index is 338. The molecule has 3 rings (SSSR count). The van der Waals surface area contributed by atoms with Crippen molar-refractivity contribution in [2.24, 2.45) is 16.1 Å². The molecular formula is C10H11N3. The van der Waals surface area contributed by atoms with Crippen LogP contribution in [0.4, 0.5) is 0 Å². The number of fused-ring (bicyclic) bond motifs is 3. The molecule has 3 heterocycles. The molecule has 0 aliphatic carbocycles. The highest BCUT2D eigenvalue weighted by molar-refractivity contribution is 5.79. The average Bonchev–Trinajstić information content (AvgIpc) is 2.56. The SMILES string of the molecule is C1=CCN2C(=C1)CC1C=NN=CC12. The summed E-state index contributed by atoms with van der Waals surface area (Å²) < 4.78 is 0. The first-order chi connectivity index (χ1) is 6.45. The van der Waals surface area contributed by atoms with Gasteiger partial charge in [0.2, 0.25) is 0 Å². The van der Waals surface area contributed by atoms with Crippen molar-refractivity contribution in [2.75, 3.05) is 6.54 Å². The van der Waals surface area contributed by atoms with Crippen LogP contribution in [0.1, 0.15) is 6.42 Å². The molecule has 1 saturated heterocycles. The first-order valence-electron chi connectivity index (χ1n) is 4.64. The van der Waals surface area contributed by atoms with Crippen LogP contribution in [-0.4, -0.2) is 29.9 Å². The van der Waals surface area contributed by atoms with Gasteiger partial charge in [0.25, 0.3) is 0 Å². The van der Waals surface area contributed by atoms with E-state index in [1.54, 1.807) is 0 Å². The van der Waals surface area contributed by atoms with Crippen LogP contribution in [0.5, 0.6) is 0 Å². The van der Waals surface area contributed by atoms with Crippen molar-refractivity contribution in [3.05, 3.63) is 23.9 Å². The Labute approximate surface area is 77.1 Å². The molecule has 3 nitrogen and oxygen atoms in total. The Kier molecular flexibility index (Phi) is 1.39. The van der Waals surface area contributed by atoms with Gasteiger partial charge in [0.05, 0.1) is 12.3 Å². The predicted molar refractivity (Wildman–Crippen MR) is 52.8 cm³/mol. The zero-order chi connectivity index (χ0) is 8.67. The van der Waals surface area contributed by atoms with E-state index >= 15 is 0 Å². The van der Waals surface area contributed by atoms with E-state index in [0.29, 0.717) is 12.0 Å². The maximum Gasteiger partial charge on any atom is 0.0745 e. The van der Waals surface area contributed by atoms with Crippen LogP contribution in [0.2, 0.25) is 0 Å². The van der Waals surface area contributed by atoms with Crippen LogP contribution >= 0.6 is 0 Å². The molecule has 0 aromatic rings. The molecule has 0 aromatic heterocycles. The predicted octanol–water partition coefficient (Wildman–Crippen LogP) is 1.20. The van der Waals surface area contributed by atoms with Crippen LogP contribution in [-0.2, 0) is 0 Å². The van der Waals surface area contributed by atoms with Gasteiger partial charge in [0.1, 0.15) is 0 Å². The van der Waals surface area contributed by atoms with Gasteiger partial charge in [-0.1, -0.05) is 12.2 Å². The van der Waals surface area contributed by atoms with Crippen LogP contribution < -0.4 is 0 Å². The lowest BCUT2D eigenvalue weighted by Gasteiger charge is -2.27. The van der Waals surface area contributed by atoms with Crippen molar-refractivity contribution in [3.63, 3.8) is 0 Å². The van der Waals surface area contributed by atoms with Crippen LogP contribution in [0.3, 0.4) is 0 Å². The van der Waals surface area contributed by atoms with Crippen molar-refractivity contribution in [2.45, 2.75) is 12.5 Å². The third kappa shape index (κ3) is 0.963. The second-order valence-electron chi connectivity index (χ2n) is 3.63. The minimum absolute atomic E-state index is 0.452. The van der Waals surface area contributed by atoms with Gasteiger partial charge in [0.15, 0.2) is 0 Å². The summed E-state index contributed by atoms with van der Waals surface area (Å²) in [6.07, 6.45) is 11.6. The van der Waals surface area contributed by atoms with E-state index < -0.39 is 0 Å². The Morgan fingerprint density at radius 2 is 2.23 bits per heavy atom. The van der Waals surface area contributed by atoms with Gasteiger partial charge in [-0.25, -0.2) is 0 Å². The molecule has 0 spiro atoms. The largest absolute Gasteiger partial charge is 0.362 e. The lowest BCUT2D eigenvalue weighted by atomic mass is 10.0. The molecule has 0 N–H and O–H groups in total. The molecule has 3 aliphatic heterocycles. The summed E-state index contributed by atoms with van der Waals surface area (Å²) in [6.45, 7) is 1.02. The first-order valence-corrected chi connectivity index (χ1v) is 4.64. The van der Waals surface area contributed by atoms with E-state index in [-0.39, 0.29) is 0 Å². The fourth-order valence-electron chi connectivity index (χ4n) is 2.22. The summed E-state index contributed by atoms with van der Waals surface area (Å²) in [6, 6.07) is 0.452. The number of hydrogen-bond donors (Lipinski definition) is 0. The summed E-state index contributed by atoms with van der Waals surface area (Å²) in [5.74, 6) is 0.545. The Hall–Kier alpha value is -1.38. The minimum atomic E-state index is 0.452. The standard InChI is InChI=1S/C10H11N3/c1-2-4-13-9(3-1)5-8-6-11-12-7-10(8)13/h1-3,6-8,10H,4-5H2. The molecule has 2 unspecified atom stereocenters. The van der Waals surface area contributed by atoms with Crippen LogP contribution in [0.25, 0.3) is 0 Å². The fourth-order valence-corrected chi connectivity index (χ4v) is 2.22. The fraction of sp³-hybridized carbons (Fsp3) is 0.400. The highest BCUT2D eigenvalue weighted by Gasteiger charge is 2.36. The van der Waals surface area contributed by atoms with E-state index in [1.807, 2.05) is 12.4 Å². The highest BCUT2D eigenvalue weighted by atomic mass is 15.3. The van der Waals surface area contributed by atoms with Gasteiger partial charge >= 0.3 is 0 Å². The third-order valence-electron chi connectivity index (χ3n) is 2.88. The molecule has 0 bridgehead atoms. The number of nitrogens with zero attached hydrogens (tertiary/aromatic N) is 3. The van der Waals surface area contributed by atoms with Gasteiger partial charge in [0, 0.05) is 24.4 Å². The molecule has 0 aromatic carbocycles. The van der Waals surface area contributed by atoms with Crippen molar-refractivity contribution in [1.82, 2.24) is 4.90 Å². The Morgan fingerprint density at radius 3 is 3.23 bits per heavy atom. The van der Waals surface area contributed by atoms with Gasteiger partial charge in [-0.3, -0.25) is 0 Å². The summed E-state index contributed by atoms with van der Waals surface area (Å²) in [5, 5.41) is 7.91. The number of rotatable bonds is 0. The average molecular weight is 173 g/mol. The first kappa shape index (κ1) is 7.06. The number of hydrogen-bond acceptors (Lipinski definition) is 3. The van der Waals surface area contributed by atoms with Gasteiger partial charge in [-0.15, -0.1) is 0 Å². The third-order valence-corrected chi connectivity index (χ3v) is 2.88. The monoisotopic (exact) mass is 173 g/mol. The summed E-state index contributed by atoms with van der Waals surface area (Å²) in [7, 11) is 0. The maximum absolute atomic E-state index is 3.96. The van der Waals surface area contributed by atoms with Gasteiger partial charge < -0.3 is 4.90 Å². The van der Waals surface area contributed by atoms with Crippen LogP contribution in [0, 0.1) is 5.92 Å². The molecule has 13 heavy (non-hydrogen) atoms. The highest BCUT2D eigenvalue weighted by Crippen LogP contribution is 2.33. The molecule has 0 amide bonds. The van der Waals surface area contributed by atoms with E-state index in [1.165, 1.54) is 5.70 Å². The molecule has 1 fully saturated rings. The zero-order valence-corrected chi connectivity index (χ0v) is 7.30. The molecular weight excluding hydrogens is 162 g/mol. The lowest BCUT2D eigenvalue weighted by molar-refractivity contribution is 0.372. The van der Waals surface area contributed by atoms with E-state index in [0.717, 1.165) is 13.0 Å². The molecule has 0 radical (unpaired) electrons. The minimum Gasteiger partial charge on any atom is -0.362 e. The summed E-state index contributed by atoms with van der Waals surface area (Å²) >= 11 is 0. The van der Waals surface area contributed by atoms with Gasteiger partial charge in [-0.2, -0.15) is 10.2 Å². The van der Waals surface area contributed by atoms with Crippen molar-refractivity contribution in [1.29, 1.82) is 0 Å². The van der Waals surface area contributed by atoms with Crippen LogP contribution in [0.15, 0.2) is 34.1 Å². The topological polar surface area (TPSA) is 28.0 Å². The van der Waals surface area contributed by atoms with Crippen molar-refractivity contribution < 1.29 is 0 Å². The molecule has 66 valence electrons. The second-order valence-corrected chi connectivity index (χ2v) is 3.63. The summed E-state index contributed by atoms with van der Waals surface area (Å²) in [4.78, 5) is 2.40. The van der Waals surface area contributed by atoms with E-state index in [9.17, 15) is 0 Å². The smallest absolute Gasteiger partial charge is 0.0745 e. The summed E-state index contributed by atoms with van der Waals surface area (Å²) in [5.41, 5.74) is 1.43. The second kappa shape index (κ2) is 2.55. The maximum atomic E-state index is 3.96. The molecule has 3 aliphatic rings. The van der Waals surface area contributed by atoms with E-state index in [4.69, 9.17) is 0 Å². The number of allylic oxidation sites excluding steroid dienone is 3. The lowest BCUT2D eigenvalue weighted by Crippen LogP contribution is -2.35. The Balaban J connectivity index is 1.97. The molecule has 2 atom stereocenters. The van der Waals surface area contributed by atoms with Crippen molar-refractivity contribution >= 4 is 12.4 Å². The quantitative estimate of drug-likeness (QED) is 0.541.